The summed E-state index contributed by atoms with van der Waals surface area (Å²) in [6.45, 7) is 1.81. The van der Waals surface area contributed by atoms with Crippen molar-refractivity contribution in [2.24, 2.45) is 0 Å². The number of nitrogens with zero attached hydrogens (tertiary/aromatic N) is 4. The van der Waals surface area contributed by atoms with Crippen molar-refractivity contribution in [3.8, 4) is 0 Å². The fraction of sp³-hybridized carbons (Fsp3) is 0.0952. The molecule has 0 aliphatic heterocycles. The van der Waals surface area contributed by atoms with Crippen molar-refractivity contribution in [2.45, 2.75) is 13.1 Å². The molecule has 0 unspecified atom stereocenters. The number of nitrogens with one attached hydrogen (secondary N) is 5. The van der Waals surface area contributed by atoms with Crippen LogP contribution in [0.4, 0.5) is 47.9 Å². The Morgan fingerprint density at radius 3 is 2.36 bits per heavy atom. The van der Waals surface area contributed by atoms with E-state index in [1.807, 2.05) is 6.92 Å². The highest BCUT2D eigenvalue weighted by molar-refractivity contribution is 7.80. The SMILES string of the molecule is Cc1cc(Nc2cc(Cl)[nH]n2)nc(Nc2ccc(NC(=S)Nc3ccc(Cl)c(C(F)(F)F)c3)nc2)n1. The summed E-state index contributed by atoms with van der Waals surface area (Å²) in [4.78, 5) is 13.0. The van der Waals surface area contributed by atoms with E-state index >= 15 is 0 Å². The van der Waals surface area contributed by atoms with Gasteiger partial charge in [0.1, 0.15) is 16.8 Å². The molecule has 3 heterocycles. The predicted molar refractivity (Wildman–Crippen MR) is 137 cm³/mol. The second-order valence-corrected chi connectivity index (χ2v) is 8.50. The first-order valence-corrected chi connectivity index (χ1v) is 11.2. The van der Waals surface area contributed by atoms with Gasteiger partial charge in [-0.05, 0) is 49.5 Å². The largest absolute Gasteiger partial charge is 0.417 e. The molecule has 36 heavy (non-hydrogen) atoms. The lowest BCUT2D eigenvalue weighted by Crippen LogP contribution is -2.20. The summed E-state index contributed by atoms with van der Waals surface area (Å²) in [5.74, 6) is 1.69. The van der Waals surface area contributed by atoms with Crippen LogP contribution in [0, 0.1) is 6.92 Å². The number of halogens is 5. The van der Waals surface area contributed by atoms with E-state index in [0.29, 0.717) is 39.9 Å². The maximum absolute atomic E-state index is 13.1. The van der Waals surface area contributed by atoms with Gasteiger partial charge in [-0.15, -0.1) is 0 Å². The smallest absolute Gasteiger partial charge is 0.332 e. The summed E-state index contributed by atoms with van der Waals surface area (Å²) < 4.78 is 39.2. The van der Waals surface area contributed by atoms with Crippen LogP contribution in [0.15, 0.2) is 48.7 Å². The van der Waals surface area contributed by atoms with Gasteiger partial charge in [-0.25, -0.2) is 9.97 Å². The summed E-state index contributed by atoms with van der Waals surface area (Å²) in [5.41, 5.74) is 0.456. The molecule has 0 spiro atoms. The zero-order chi connectivity index (χ0) is 25.9. The molecule has 186 valence electrons. The van der Waals surface area contributed by atoms with E-state index in [2.05, 4.69) is 46.4 Å². The molecular formula is C21H16Cl2F3N9S. The lowest BCUT2D eigenvalue weighted by atomic mass is 10.2. The van der Waals surface area contributed by atoms with Gasteiger partial charge in [0.15, 0.2) is 10.9 Å². The lowest BCUT2D eigenvalue weighted by Gasteiger charge is -2.14. The molecule has 1 aromatic carbocycles. The van der Waals surface area contributed by atoms with Crippen molar-refractivity contribution in [3.05, 3.63) is 70.1 Å². The molecule has 5 N–H and O–H groups in total. The average molecular weight is 554 g/mol. The number of H-pyrrole nitrogens is 1. The van der Waals surface area contributed by atoms with Crippen molar-refractivity contribution in [3.63, 3.8) is 0 Å². The predicted octanol–water partition coefficient (Wildman–Crippen LogP) is 6.52. The molecule has 4 rings (SSSR count). The molecule has 9 nitrogen and oxygen atoms in total. The van der Waals surface area contributed by atoms with Gasteiger partial charge in [0, 0.05) is 23.5 Å². The Labute approximate surface area is 217 Å². The fourth-order valence-corrected chi connectivity index (χ4v) is 3.54. The van der Waals surface area contributed by atoms with Crippen LogP contribution in [0.3, 0.4) is 0 Å². The summed E-state index contributed by atoms with van der Waals surface area (Å²) in [7, 11) is 0. The van der Waals surface area contributed by atoms with E-state index in [9.17, 15) is 13.2 Å². The highest BCUT2D eigenvalue weighted by Crippen LogP contribution is 2.36. The van der Waals surface area contributed by atoms with E-state index in [1.54, 1.807) is 24.3 Å². The molecule has 0 saturated heterocycles. The van der Waals surface area contributed by atoms with E-state index < -0.39 is 16.8 Å². The molecule has 4 aromatic rings. The van der Waals surface area contributed by atoms with Crippen LogP contribution >= 0.6 is 35.4 Å². The van der Waals surface area contributed by atoms with Gasteiger partial charge in [0.25, 0.3) is 0 Å². The van der Waals surface area contributed by atoms with Crippen LogP contribution in [0.1, 0.15) is 11.3 Å². The topological polar surface area (TPSA) is 115 Å². The third kappa shape index (κ3) is 6.71. The standard InChI is InChI=1S/C21H16Cl2F3N9S/c1-10-6-17(31-18-8-15(23)34-35-18)32-19(28-10)29-12-3-5-16(27-9-12)33-20(36)30-11-2-4-14(22)13(7-11)21(24,25)26/h2-9H,1H3,(H2,27,30,33,36)(H3,28,29,31,32,34,35). The number of aromatic amines is 1. The second-order valence-electron chi connectivity index (χ2n) is 7.27. The van der Waals surface area contributed by atoms with Gasteiger partial charge >= 0.3 is 6.18 Å². The normalized spacial score (nSPS) is 11.2. The number of benzene rings is 1. The average Bonchev–Trinajstić information content (AvgIpc) is 3.19. The van der Waals surface area contributed by atoms with Crippen LogP contribution in [-0.4, -0.2) is 30.3 Å². The highest BCUT2D eigenvalue weighted by atomic mass is 35.5. The first-order valence-electron chi connectivity index (χ1n) is 10.1. The Kier molecular flexibility index (Phi) is 7.43. The molecule has 0 bridgehead atoms. The van der Waals surface area contributed by atoms with Crippen LogP contribution < -0.4 is 21.3 Å². The zero-order valence-electron chi connectivity index (χ0n) is 18.2. The Morgan fingerprint density at radius 1 is 0.917 bits per heavy atom. The number of aromatic nitrogens is 5. The zero-order valence-corrected chi connectivity index (χ0v) is 20.5. The number of aryl methyl sites for hydroxylation is 1. The van der Waals surface area contributed by atoms with Crippen molar-refractivity contribution >= 4 is 75.3 Å². The number of thiocarbonyl (C=S) groups is 1. The first-order chi connectivity index (χ1) is 17.0. The Bertz CT molecular complexity index is 1390. The van der Waals surface area contributed by atoms with Crippen LogP contribution in [0.25, 0.3) is 0 Å². The molecule has 0 atom stereocenters. The third-order valence-electron chi connectivity index (χ3n) is 4.45. The summed E-state index contributed by atoms with van der Waals surface area (Å²) in [5, 5.41) is 18.2. The molecule has 0 radical (unpaired) electrons. The first kappa shape index (κ1) is 25.4. The number of alkyl halides is 3. The number of pyridine rings is 1. The molecule has 0 aliphatic carbocycles. The number of hydrogen-bond acceptors (Lipinski definition) is 7. The fourth-order valence-electron chi connectivity index (χ4n) is 2.95. The van der Waals surface area contributed by atoms with Crippen LogP contribution in [0.5, 0.6) is 0 Å². The molecule has 0 saturated carbocycles. The molecule has 0 fully saturated rings. The minimum absolute atomic E-state index is 0.0508. The monoisotopic (exact) mass is 553 g/mol. The van der Waals surface area contributed by atoms with Gasteiger partial charge in [-0.2, -0.15) is 23.3 Å². The van der Waals surface area contributed by atoms with E-state index in [1.165, 1.54) is 12.3 Å². The third-order valence-corrected chi connectivity index (χ3v) is 5.18. The highest BCUT2D eigenvalue weighted by Gasteiger charge is 2.33. The van der Waals surface area contributed by atoms with Crippen LogP contribution in [0.2, 0.25) is 10.2 Å². The van der Waals surface area contributed by atoms with Crippen LogP contribution in [-0.2, 0) is 6.18 Å². The molecule has 15 heteroatoms. The maximum Gasteiger partial charge on any atom is 0.417 e. The van der Waals surface area contributed by atoms with Crippen molar-refractivity contribution in [1.29, 1.82) is 0 Å². The quantitative estimate of drug-likeness (QED) is 0.170. The maximum atomic E-state index is 13.1. The van der Waals surface area contributed by atoms with Crippen molar-refractivity contribution < 1.29 is 13.2 Å². The van der Waals surface area contributed by atoms with E-state index in [4.69, 9.17) is 35.4 Å². The van der Waals surface area contributed by atoms with Gasteiger partial charge in [0.05, 0.1) is 22.5 Å². The van der Waals surface area contributed by atoms with Gasteiger partial charge in [-0.3, -0.25) is 5.10 Å². The summed E-state index contributed by atoms with van der Waals surface area (Å²) >= 11 is 16.7. The Hall–Kier alpha value is -3.68. The number of anilines is 6. The summed E-state index contributed by atoms with van der Waals surface area (Å²) in [6.07, 6.45) is -3.07. The van der Waals surface area contributed by atoms with Gasteiger partial charge in [0.2, 0.25) is 5.95 Å². The Morgan fingerprint density at radius 2 is 1.69 bits per heavy atom. The minimum Gasteiger partial charge on any atom is -0.332 e. The Balaban J connectivity index is 1.38. The number of hydrogen-bond donors (Lipinski definition) is 5. The lowest BCUT2D eigenvalue weighted by molar-refractivity contribution is -0.137. The van der Waals surface area contributed by atoms with Gasteiger partial charge < -0.3 is 21.3 Å². The second kappa shape index (κ2) is 10.5. The number of rotatable bonds is 6. The van der Waals surface area contributed by atoms with Gasteiger partial charge in [-0.1, -0.05) is 23.2 Å². The molecular weight excluding hydrogens is 538 g/mol. The molecule has 3 aromatic heterocycles. The minimum atomic E-state index is -4.58. The van der Waals surface area contributed by atoms with Crippen molar-refractivity contribution in [1.82, 2.24) is 25.1 Å². The molecule has 0 aliphatic rings. The van der Waals surface area contributed by atoms with Crippen molar-refractivity contribution in [2.75, 3.05) is 21.3 Å². The molecule has 0 amide bonds. The van der Waals surface area contributed by atoms with E-state index in [0.717, 1.165) is 12.1 Å². The summed E-state index contributed by atoms with van der Waals surface area (Å²) in [6, 6.07) is 10.1. The van der Waals surface area contributed by atoms with E-state index in [-0.39, 0.29) is 10.8 Å².